The predicted octanol–water partition coefficient (Wildman–Crippen LogP) is 5.11. The Morgan fingerprint density at radius 1 is 0.968 bits per heavy atom. The Labute approximate surface area is 185 Å². The summed E-state index contributed by atoms with van der Waals surface area (Å²) in [6, 6.07) is 20.8. The Balaban J connectivity index is 1.55. The largest absolute Gasteiger partial charge is 0.495 e. The van der Waals surface area contributed by atoms with E-state index < -0.39 is 12.1 Å². The Kier molecular flexibility index (Phi) is 7.51. The van der Waals surface area contributed by atoms with Crippen molar-refractivity contribution >= 4 is 29.2 Å². The third-order valence-corrected chi connectivity index (χ3v) is 4.81. The maximum absolute atomic E-state index is 12.5. The number of anilines is 1. The second-order valence-electron chi connectivity index (χ2n) is 6.64. The molecule has 0 saturated carbocycles. The van der Waals surface area contributed by atoms with E-state index in [4.69, 9.17) is 25.8 Å². The number of halogens is 1. The number of nitrogens with one attached hydrogen (secondary N) is 1. The van der Waals surface area contributed by atoms with E-state index >= 15 is 0 Å². The van der Waals surface area contributed by atoms with Crippen LogP contribution in [0.3, 0.4) is 0 Å². The van der Waals surface area contributed by atoms with E-state index in [1.54, 1.807) is 67.6 Å². The van der Waals surface area contributed by atoms with Crippen LogP contribution in [0.4, 0.5) is 5.69 Å². The average Bonchev–Trinajstić information content (AvgIpc) is 2.79. The van der Waals surface area contributed by atoms with Gasteiger partial charge in [-0.25, -0.2) is 4.79 Å². The molecular formula is C24H22ClNO5. The van der Waals surface area contributed by atoms with E-state index in [9.17, 15) is 9.59 Å². The number of rotatable bonds is 8. The number of amides is 1. The van der Waals surface area contributed by atoms with E-state index in [0.29, 0.717) is 27.8 Å². The van der Waals surface area contributed by atoms with Crippen molar-refractivity contribution in [2.24, 2.45) is 0 Å². The number of methoxy groups -OCH3 is 1. The SMILES string of the molecule is COc1ccccc1NC(=O)c1ccc(OC(C)C(=O)OCc2ccccc2Cl)cc1. The van der Waals surface area contributed by atoms with Gasteiger partial charge in [0.1, 0.15) is 18.1 Å². The third-order valence-electron chi connectivity index (χ3n) is 4.44. The molecule has 31 heavy (non-hydrogen) atoms. The van der Waals surface area contributed by atoms with Gasteiger partial charge in [-0.2, -0.15) is 0 Å². The molecule has 0 bridgehead atoms. The molecule has 1 amide bonds. The first kappa shape index (κ1) is 22.2. The number of hydrogen-bond acceptors (Lipinski definition) is 5. The van der Waals surface area contributed by atoms with E-state index in [0.717, 1.165) is 5.56 Å². The lowest BCUT2D eigenvalue weighted by Crippen LogP contribution is -2.26. The quantitative estimate of drug-likeness (QED) is 0.493. The van der Waals surface area contributed by atoms with Gasteiger partial charge in [0.2, 0.25) is 0 Å². The van der Waals surface area contributed by atoms with E-state index in [2.05, 4.69) is 5.32 Å². The molecule has 0 fully saturated rings. The molecule has 1 N–H and O–H groups in total. The summed E-state index contributed by atoms with van der Waals surface area (Å²) in [5, 5.41) is 3.34. The first-order valence-corrected chi connectivity index (χ1v) is 9.97. The maximum Gasteiger partial charge on any atom is 0.347 e. The minimum atomic E-state index is -0.823. The molecule has 3 aromatic rings. The van der Waals surface area contributed by atoms with Crippen LogP contribution in [0, 0.1) is 0 Å². The molecule has 0 heterocycles. The van der Waals surface area contributed by atoms with Gasteiger partial charge < -0.3 is 19.5 Å². The van der Waals surface area contributed by atoms with Crippen LogP contribution in [0.2, 0.25) is 5.02 Å². The molecule has 0 radical (unpaired) electrons. The molecule has 160 valence electrons. The van der Waals surface area contributed by atoms with Crippen LogP contribution < -0.4 is 14.8 Å². The van der Waals surface area contributed by atoms with Crippen molar-refractivity contribution in [1.82, 2.24) is 0 Å². The molecule has 3 aromatic carbocycles. The van der Waals surface area contributed by atoms with Crippen LogP contribution in [0.15, 0.2) is 72.8 Å². The lowest BCUT2D eigenvalue weighted by atomic mass is 10.2. The summed E-state index contributed by atoms with van der Waals surface area (Å²) in [6.45, 7) is 1.66. The number of hydrogen-bond donors (Lipinski definition) is 1. The van der Waals surface area contributed by atoms with Gasteiger partial charge in [-0.15, -0.1) is 0 Å². The van der Waals surface area contributed by atoms with Crippen molar-refractivity contribution in [3.05, 3.63) is 88.9 Å². The molecule has 1 atom stereocenters. The second kappa shape index (κ2) is 10.5. The van der Waals surface area contributed by atoms with Crippen LogP contribution in [0.25, 0.3) is 0 Å². The van der Waals surface area contributed by atoms with Crippen LogP contribution in [0.5, 0.6) is 11.5 Å². The smallest absolute Gasteiger partial charge is 0.347 e. The molecule has 3 rings (SSSR count). The molecule has 0 saturated heterocycles. The molecule has 7 heteroatoms. The Bertz CT molecular complexity index is 1050. The lowest BCUT2D eigenvalue weighted by Gasteiger charge is -2.15. The highest BCUT2D eigenvalue weighted by molar-refractivity contribution is 6.31. The van der Waals surface area contributed by atoms with Crippen LogP contribution in [0.1, 0.15) is 22.8 Å². The maximum atomic E-state index is 12.5. The number of carbonyl (C=O) groups is 2. The molecule has 0 spiro atoms. The first-order valence-electron chi connectivity index (χ1n) is 9.59. The van der Waals surface area contributed by atoms with Crippen molar-refractivity contribution < 1.29 is 23.8 Å². The van der Waals surface area contributed by atoms with E-state index in [1.165, 1.54) is 7.11 Å². The lowest BCUT2D eigenvalue weighted by molar-refractivity contribution is -0.152. The fraction of sp³-hybridized carbons (Fsp3) is 0.167. The zero-order chi connectivity index (χ0) is 22.2. The van der Waals surface area contributed by atoms with Crippen molar-refractivity contribution in [3.63, 3.8) is 0 Å². The highest BCUT2D eigenvalue weighted by atomic mass is 35.5. The summed E-state index contributed by atoms with van der Waals surface area (Å²) in [4.78, 5) is 24.7. The topological polar surface area (TPSA) is 73.9 Å². The van der Waals surface area contributed by atoms with Crippen molar-refractivity contribution in [2.45, 2.75) is 19.6 Å². The summed E-state index contributed by atoms with van der Waals surface area (Å²) in [5.41, 5.74) is 1.73. The Morgan fingerprint density at radius 2 is 1.65 bits per heavy atom. The van der Waals surface area contributed by atoms with Gasteiger partial charge in [0.05, 0.1) is 12.8 Å². The minimum Gasteiger partial charge on any atom is -0.495 e. The van der Waals surface area contributed by atoms with Gasteiger partial charge in [-0.1, -0.05) is 41.9 Å². The molecular weight excluding hydrogens is 418 g/mol. The van der Waals surface area contributed by atoms with Gasteiger partial charge in [-0.3, -0.25) is 4.79 Å². The van der Waals surface area contributed by atoms with Crippen LogP contribution in [-0.4, -0.2) is 25.1 Å². The summed E-state index contributed by atoms with van der Waals surface area (Å²) in [6.07, 6.45) is -0.823. The fourth-order valence-corrected chi connectivity index (χ4v) is 2.95. The van der Waals surface area contributed by atoms with Crippen molar-refractivity contribution in [1.29, 1.82) is 0 Å². The minimum absolute atomic E-state index is 0.0638. The number of para-hydroxylation sites is 2. The molecule has 0 aliphatic heterocycles. The second-order valence-corrected chi connectivity index (χ2v) is 7.05. The number of ether oxygens (including phenoxy) is 3. The standard InChI is InChI=1S/C24H22ClNO5/c1-16(24(28)30-15-18-7-3-4-8-20(18)25)31-19-13-11-17(12-14-19)23(27)26-21-9-5-6-10-22(21)29-2/h3-14,16H,15H2,1-2H3,(H,26,27). The molecule has 1 unspecified atom stereocenters. The monoisotopic (exact) mass is 439 g/mol. The zero-order valence-electron chi connectivity index (χ0n) is 17.1. The number of esters is 1. The summed E-state index contributed by atoms with van der Waals surface area (Å²) < 4.78 is 16.1. The van der Waals surface area contributed by atoms with Gasteiger partial charge in [0.15, 0.2) is 6.10 Å². The van der Waals surface area contributed by atoms with Crippen molar-refractivity contribution in [2.75, 3.05) is 12.4 Å². The fourth-order valence-electron chi connectivity index (χ4n) is 2.76. The molecule has 0 aromatic heterocycles. The predicted molar refractivity (Wildman–Crippen MR) is 119 cm³/mol. The summed E-state index contributed by atoms with van der Waals surface area (Å²) in [5.74, 6) is 0.206. The zero-order valence-corrected chi connectivity index (χ0v) is 17.9. The normalized spacial score (nSPS) is 11.3. The Hall–Kier alpha value is -3.51. The van der Waals surface area contributed by atoms with E-state index in [-0.39, 0.29) is 12.5 Å². The van der Waals surface area contributed by atoms with Gasteiger partial charge in [0, 0.05) is 16.1 Å². The van der Waals surface area contributed by atoms with Crippen molar-refractivity contribution in [3.8, 4) is 11.5 Å². The summed E-state index contributed by atoms with van der Waals surface area (Å²) in [7, 11) is 1.54. The Morgan fingerprint density at radius 3 is 2.35 bits per heavy atom. The average molecular weight is 440 g/mol. The van der Waals surface area contributed by atoms with E-state index in [1.807, 2.05) is 12.1 Å². The molecule has 6 nitrogen and oxygen atoms in total. The van der Waals surface area contributed by atoms with Crippen LogP contribution >= 0.6 is 11.6 Å². The van der Waals surface area contributed by atoms with Gasteiger partial charge >= 0.3 is 5.97 Å². The highest BCUT2D eigenvalue weighted by Gasteiger charge is 2.17. The first-order chi connectivity index (χ1) is 15.0. The summed E-state index contributed by atoms with van der Waals surface area (Å²) >= 11 is 6.06. The number of carbonyl (C=O) groups excluding carboxylic acids is 2. The van der Waals surface area contributed by atoms with Crippen LogP contribution in [-0.2, 0) is 16.1 Å². The number of benzene rings is 3. The molecule has 0 aliphatic rings. The molecule has 0 aliphatic carbocycles. The highest BCUT2D eigenvalue weighted by Crippen LogP contribution is 2.24. The third kappa shape index (κ3) is 5.99. The van der Waals surface area contributed by atoms with Gasteiger partial charge in [-0.05, 0) is 49.4 Å². The van der Waals surface area contributed by atoms with Gasteiger partial charge in [0.25, 0.3) is 5.91 Å².